The first-order valence-electron chi connectivity index (χ1n) is 7.62. The normalized spacial score (nSPS) is 15.7. The van der Waals surface area contributed by atoms with E-state index in [2.05, 4.69) is 27.4 Å². The molecule has 0 aliphatic carbocycles. The zero-order chi connectivity index (χ0) is 16.5. The lowest BCUT2D eigenvalue weighted by Gasteiger charge is -2.20. The van der Waals surface area contributed by atoms with Crippen LogP contribution in [-0.2, 0) is 0 Å². The smallest absolute Gasteiger partial charge is 0.103 e. The lowest BCUT2D eigenvalue weighted by Crippen LogP contribution is -2.29. The van der Waals surface area contributed by atoms with E-state index in [0.717, 1.165) is 33.6 Å². The molecule has 1 aliphatic rings. The number of fused-ring (bicyclic) bond motifs is 1. The topological polar surface area (TPSA) is 63.3 Å². The van der Waals surface area contributed by atoms with Gasteiger partial charge in [-0.05, 0) is 35.9 Å². The second-order valence-corrected chi connectivity index (χ2v) is 6.02. The summed E-state index contributed by atoms with van der Waals surface area (Å²) in [7, 11) is 0. The van der Waals surface area contributed by atoms with Gasteiger partial charge in [-0.15, -0.1) is 0 Å². The van der Waals surface area contributed by atoms with Crippen molar-refractivity contribution in [1.29, 1.82) is 0 Å². The Kier molecular flexibility index (Phi) is 3.76. The van der Waals surface area contributed by atoms with Gasteiger partial charge in [0.2, 0.25) is 0 Å². The summed E-state index contributed by atoms with van der Waals surface area (Å²) in [6, 6.07) is 17.8. The van der Waals surface area contributed by atoms with Gasteiger partial charge in [0.25, 0.3) is 0 Å². The number of benzene rings is 2. The van der Waals surface area contributed by atoms with Crippen molar-refractivity contribution in [3.8, 4) is 22.4 Å². The van der Waals surface area contributed by atoms with Crippen LogP contribution in [-0.4, -0.2) is 11.3 Å². The third kappa shape index (κ3) is 2.66. The van der Waals surface area contributed by atoms with Crippen LogP contribution in [0.15, 0.2) is 65.8 Å². The van der Waals surface area contributed by atoms with Gasteiger partial charge in [0.15, 0.2) is 0 Å². The molecule has 1 aliphatic heterocycles. The van der Waals surface area contributed by atoms with Crippen molar-refractivity contribution in [2.45, 2.75) is 6.17 Å². The Hall–Kier alpha value is -2.69. The van der Waals surface area contributed by atoms with Crippen molar-refractivity contribution in [3.63, 3.8) is 0 Å². The standard InChI is InChI=1S/C19H15ClN4/c20-14-4-1-3-13(9-14)18-15(5-2-8-22-18)12-6-7-17-16(10-12)19(21)24-11-23-17/h1-11,19H,21H2,(H,23,24). The van der Waals surface area contributed by atoms with Crippen LogP contribution < -0.4 is 11.1 Å². The molecule has 2 heterocycles. The molecule has 2 aromatic carbocycles. The highest BCUT2D eigenvalue weighted by Crippen LogP contribution is 2.35. The Labute approximate surface area is 145 Å². The Morgan fingerprint density at radius 2 is 1.92 bits per heavy atom. The number of pyridine rings is 1. The lowest BCUT2D eigenvalue weighted by atomic mass is 9.96. The van der Waals surface area contributed by atoms with Crippen LogP contribution in [0.5, 0.6) is 0 Å². The Bertz CT molecular complexity index is 936. The van der Waals surface area contributed by atoms with Crippen molar-refractivity contribution < 1.29 is 0 Å². The molecule has 4 rings (SSSR count). The molecule has 0 spiro atoms. The number of halogens is 1. The molecular weight excluding hydrogens is 320 g/mol. The highest BCUT2D eigenvalue weighted by molar-refractivity contribution is 6.30. The van der Waals surface area contributed by atoms with E-state index in [-0.39, 0.29) is 6.17 Å². The van der Waals surface area contributed by atoms with Gasteiger partial charge in [0.1, 0.15) is 6.17 Å². The molecule has 3 N–H and O–H groups in total. The summed E-state index contributed by atoms with van der Waals surface area (Å²) >= 11 is 6.14. The Morgan fingerprint density at radius 3 is 2.79 bits per heavy atom. The lowest BCUT2D eigenvalue weighted by molar-refractivity contribution is 0.682. The monoisotopic (exact) mass is 334 g/mol. The van der Waals surface area contributed by atoms with E-state index in [1.807, 2.05) is 42.5 Å². The summed E-state index contributed by atoms with van der Waals surface area (Å²) in [5, 5.41) is 3.71. The second kappa shape index (κ2) is 6.07. The molecular formula is C19H15ClN4. The van der Waals surface area contributed by atoms with Crippen molar-refractivity contribution in [1.82, 2.24) is 10.3 Å². The number of hydrogen-bond donors (Lipinski definition) is 2. The van der Waals surface area contributed by atoms with Crippen LogP contribution in [0.25, 0.3) is 22.4 Å². The van der Waals surface area contributed by atoms with Gasteiger partial charge < -0.3 is 11.1 Å². The van der Waals surface area contributed by atoms with Gasteiger partial charge in [-0.3, -0.25) is 4.98 Å². The minimum Gasteiger partial charge on any atom is -0.357 e. The van der Waals surface area contributed by atoms with Crippen LogP contribution in [0.3, 0.4) is 0 Å². The van der Waals surface area contributed by atoms with E-state index in [1.165, 1.54) is 0 Å². The van der Waals surface area contributed by atoms with E-state index in [9.17, 15) is 0 Å². The summed E-state index contributed by atoms with van der Waals surface area (Å²) in [5.74, 6) is 0. The molecule has 3 aromatic rings. The van der Waals surface area contributed by atoms with E-state index < -0.39 is 0 Å². The van der Waals surface area contributed by atoms with E-state index in [4.69, 9.17) is 17.3 Å². The molecule has 5 heteroatoms. The fourth-order valence-electron chi connectivity index (χ4n) is 2.87. The van der Waals surface area contributed by atoms with Crippen molar-refractivity contribution in [2.75, 3.05) is 0 Å². The first kappa shape index (κ1) is 14.9. The van der Waals surface area contributed by atoms with Gasteiger partial charge in [0, 0.05) is 27.9 Å². The predicted molar refractivity (Wildman–Crippen MR) is 98.3 cm³/mol. The van der Waals surface area contributed by atoms with Crippen molar-refractivity contribution >= 4 is 23.6 Å². The SMILES string of the molecule is NC1NC=Nc2ccc(-c3cccnc3-c3cccc(Cl)c3)cc21. The molecule has 0 saturated heterocycles. The summed E-state index contributed by atoms with van der Waals surface area (Å²) in [6.45, 7) is 0. The highest BCUT2D eigenvalue weighted by Gasteiger charge is 2.16. The molecule has 0 fully saturated rings. The number of rotatable bonds is 2. The number of nitrogens with one attached hydrogen (secondary N) is 1. The zero-order valence-electron chi connectivity index (χ0n) is 12.8. The first-order valence-corrected chi connectivity index (χ1v) is 7.99. The minimum atomic E-state index is -0.260. The summed E-state index contributed by atoms with van der Waals surface area (Å²) in [5.41, 5.74) is 11.9. The Morgan fingerprint density at radius 1 is 1.00 bits per heavy atom. The van der Waals surface area contributed by atoms with Gasteiger partial charge >= 0.3 is 0 Å². The molecule has 4 nitrogen and oxygen atoms in total. The maximum atomic E-state index is 6.14. The summed E-state index contributed by atoms with van der Waals surface area (Å²) in [4.78, 5) is 8.88. The molecule has 0 radical (unpaired) electrons. The molecule has 1 unspecified atom stereocenters. The van der Waals surface area contributed by atoms with Gasteiger partial charge in [-0.2, -0.15) is 0 Å². The van der Waals surface area contributed by atoms with Crippen LogP contribution in [0.1, 0.15) is 11.7 Å². The Balaban J connectivity index is 1.87. The number of hydrogen-bond acceptors (Lipinski definition) is 4. The molecule has 1 aromatic heterocycles. The van der Waals surface area contributed by atoms with Crippen LogP contribution in [0, 0.1) is 0 Å². The third-order valence-corrected chi connectivity index (χ3v) is 4.27. The van der Waals surface area contributed by atoms with Crippen LogP contribution in [0.4, 0.5) is 5.69 Å². The number of nitrogens with zero attached hydrogens (tertiary/aromatic N) is 2. The molecule has 0 saturated carbocycles. The largest absolute Gasteiger partial charge is 0.357 e. The number of nitrogens with two attached hydrogens (primary N) is 1. The maximum absolute atomic E-state index is 6.14. The van der Waals surface area contributed by atoms with Gasteiger partial charge in [0.05, 0.1) is 17.7 Å². The third-order valence-electron chi connectivity index (χ3n) is 4.04. The van der Waals surface area contributed by atoms with Crippen LogP contribution in [0.2, 0.25) is 5.02 Å². The first-order chi connectivity index (χ1) is 11.7. The van der Waals surface area contributed by atoms with E-state index in [1.54, 1.807) is 12.5 Å². The van der Waals surface area contributed by atoms with Gasteiger partial charge in [-0.25, -0.2) is 4.99 Å². The van der Waals surface area contributed by atoms with E-state index >= 15 is 0 Å². The average molecular weight is 335 g/mol. The van der Waals surface area contributed by atoms with E-state index in [0.29, 0.717) is 5.02 Å². The fourth-order valence-corrected chi connectivity index (χ4v) is 3.06. The fraction of sp³-hybridized carbons (Fsp3) is 0.0526. The average Bonchev–Trinajstić information content (AvgIpc) is 2.62. The van der Waals surface area contributed by atoms with Crippen LogP contribution >= 0.6 is 11.6 Å². The number of aromatic nitrogens is 1. The molecule has 118 valence electrons. The quantitative estimate of drug-likeness (QED) is 0.734. The second-order valence-electron chi connectivity index (χ2n) is 5.59. The summed E-state index contributed by atoms with van der Waals surface area (Å²) in [6.07, 6.45) is 3.16. The number of aliphatic imine (C=N–C) groups is 1. The molecule has 0 amide bonds. The zero-order valence-corrected chi connectivity index (χ0v) is 13.5. The minimum absolute atomic E-state index is 0.260. The molecule has 24 heavy (non-hydrogen) atoms. The highest BCUT2D eigenvalue weighted by atomic mass is 35.5. The molecule has 0 bridgehead atoms. The summed E-state index contributed by atoms with van der Waals surface area (Å²) < 4.78 is 0. The van der Waals surface area contributed by atoms with Crippen molar-refractivity contribution in [3.05, 3.63) is 71.4 Å². The predicted octanol–water partition coefficient (Wildman–Crippen LogP) is 4.29. The maximum Gasteiger partial charge on any atom is 0.103 e. The molecule has 1 atom stereocenters. The van der Waals surface area contributed by atoms with Crippen molar-refractivity contribution in [2.24, 2.45) is 10.7 Å². The van der Waals surface area contributed by atoms with Gasteiger partial charge in [-0.1, -0.05) is 35.9 Å².